The van der Waals surface area contributed by atoms with E-state index in [0.29, 0.717) is 23.2 Å². The van der Waals surface area contributed by atoms with Crippen LogP contribution in [0.5, 0.6) is 5.75 Å². The molecule has 0 atom stereocenters. The lowest BCUT2D eigenvalue weighted by Gasteiger charge is -2.18. The van der Waals surface area contributed by atoms with E-state index in [2.05, 4.69) is 15.4 Å². The number of nitrogens with zero attached hydrogens (tertiary/aromatic N) is 3. The third-order valence-electron chi connectivity index (χ3n) is 3.94. The zero-order valence-corrected chi connectivity index (χ0v) is 12.0. The molecular formula is C16H14N4O2. The highest BCUT2D eigenvalue weighted by atomic mass is 16.5. The minimum Gasteiger partial charge on any atom is -0.493 e. The van der Waals surface area contributed by atoms with E-state index in [4.69, 9.17) is 4.74 Å². The number of hydrogen-bond donors (Lipinski definition) is 1. The van der Waals surface area contributed by atoms with Gasteiger partial charge in [0, 0.05) is 19.2 Å². The predicted octanol–water partition coefficient (Wildman–Crippen LogP) is 2.17. The second kappa shape index (κ2) is 4.84. The normalized spacial score (nSPS) is 13.0. The van der Waals surface area contributed by atoms with E-state index in [0.717, 1.165) is 23.4 Å². The van der Waals surface area contributed by atoms with Crippen LogP contribution in [0.1, 0.15) is 15.9 Å². The second-order valence-corrected chi connectivity index (χ2v) is 5.25. The van der Waals surface area contributed by atoms with Gasteiger partial charge < -0.3 is 9.64 Å². The van der Waals surface area contributed by atoms with Crippen molar-refractivity contribution in [3.05, 3.63) is 47.5 Å². The van der Waals surface area contributed by atoms with Gasteiger partial charge in [-0.3, -0.25) is 4.79 Å². The molecule has 1 aromatic heterocycles. The Bertz CT molecular complexity index is 871. The topological polar surface area (TPSA) is 71.1 Å². The standard InChI is InChI=1S/C16H14N4O2/c1-20(11-5-6-14-10(9-11)7-8-22-14)16(21)12-3-2-4-13-15(12)18-19-17-13/h2-6,9H,7-8H2,1H3,(H,17,18,19). The Morgan fingerprint density at radius 3 is 3.09 bits per heavy atom. The van der Waals surface area contributed by atoms with Gasteiger partial charge in [-0.2, -0.15) is 15.4 Å². The first kappa shape index (κ1) is 12.8. The van der Waals surface area contributed by atoms with Gasteiger partial charge in [0.1, 0.15) is 16.8 Å². The number of H-pyrrole nitrogens is 1. The van der Waals surface area contributed by atoms with Crippen LogP contribution in [0.25, 0.3) is 11.0 Å². The van der Waals surface area contributed by atoms with Gasteiger partial charge in [-0.25, -0.2) is 0 Å². The van der Waals surface area contributed by atoms with Crippen LogP contribution in [0.2, 0.25) is 0 Å². The lowest BCUT2D eigenvalue weighted by atomic mass is 10.1. The van der Waals surface area contributed by atoms with Crippen LogP contribution in [0.4, 0.5) is 5.69 Å². The van der Waals surface area contributed by atoms with Gasteiger partial charge in [0.2, 0.25) is 0 Å². The first-order valence-electron chi connectivity index (χ1n) is 7.07. The number of anilines is 1. The largest absolute Gasteiger partial charge is 0.493 e. The molecule has 22 heavy (non-hydrogen) atoms. The third kappa shape index (κ3) is 1.92. The van der Waals surface area contributed by atoms with E-state index in [1.807, 2.05) is 30.3 Å². The molecule has 110 valence electrons. The fourth-order valence-corrected chi connectivity index (χ4v) is 2.72. The maximum absolute atomic E-state index is 12.8. The Morgan fingerprint density at radius 1 is 1.27 bits per heavy atom. The van der Waals surface area contributed by atoms with Crippen LogP contribution in [-0.2, 0) is 6.42 Å². The molecule has 0 radical (unpaired) electrons. The van der Waals surface area contributed by atoms with Crippen molar-refractivity contribution < 1.29 is 9.53 Å². The SMILES string of the molecule is CN(C(=O)c1cccc2n[nH]nc12)c1ccc2c(c1)CCO2. The zero-order valence-electron chi connectivity index (χ0n) is 12.0. The second-order valence-electron chi connectivity index (χ2n) is 5.25. The molecule has 1 aliphatic heterocycles. The molecular weight excluding hydrogens is 280 g/mol. The minimum absolute atomic E-state index is 0.113. The molecule has 1 N–H and O–H groups in total. The van der Waals surface area contributed by atoms with E-state index in [-0.39, 0.29) is 5.91 Å². The number of benzene rings is 2. The molecule has 0 unspecified atom stereocenters. The molecule has 0 saturated carbocycles. The van der Waals surface area contributed by atoms with Crippen molar-refractivity contribution in [2.75, 3.05) is 18.6 Å². The number of fused-ring (bicyclic) bond motifs is 2. The van der Waals surface area contributed by atoms with Crippen molar-refractivity contribution in [1.29, 1.82) is 0 Å². The summed E-state index contributed by atoms with van der Waals surface area (Å²) >= 11 is 0. The molecule has 0 spiro atoms. The summed E-state index contributed by atoms with van der Waals surface area (Å²) in [6, 6.07) is 11.2. The number of ether oxygens (including phenoxy) is 1. The van der Waals surface area contributed by atoms with Gasteiger partial charge in [0.25, 0.3) is 5.91 Å². The molecule has 2 heterocycles. The summed E-state index contributed by atoms with van der Waals surface area (Å²) in [5, 5.41) is 10.6. The van der Waals surface area contributed by atoms with Crippen LogP contribution >= 0.6 is 0 Å². The molecule has 6 heteroatoms. The van der Waals surface area contributed by atoms with Gasteiger partial charge in [-0.1, -0.05) is 6.07 Å². The van der Waals surface area contributed by atoms with Gasteiger partial charge in [0.15, 0.2) is 0 Å². The Hall–Kier alpha value is -2.89. The molecule has 0 aliphatic carbocycles. The molecule has 6 nitrogen and oxygen atoms in total. The summed E-state index contributed by atoms with van der Waals surface area (Å²) in [6.45, 7) is 0.703. The molecule has 0 saturated heterocycles. The predicted molar refractivity (Wildman–Crippen MR) is 82.3 cm³/mol. The number of hydrogen-bond acceptors (Lipinski definition) is 4. The summed E-state index contributed by atoms with van der Waals surface area (Å²) in [5.74, 6) is 0.793. The van der Waals surface area contributed by atoms with Crippen molar-refractivity contribution in [3.63, 3.8) is 0 Å². The van der Waals surface area contributed by atoms with Crippen LogP contribution in [-0.4, -0.2) is 35.0 Å². The zero-order chi connectivity index (χ0) is 15.1. The fourth-order valence-electron chi connectivity index (χ4n) is 2.72. The highest BCUT2D eigenvalue weighted by Crippen LogP contribution is 2.30. The number of amides is 1. The number of aromatic nitrogens is 3. The lowest BCUT2D eigenvalue weighted by Crippen LogP contribution is -2.26. The van der Waals surface area contributed by atoms with Gasteiger partial charge in [0.05, 0.1) is 12.2 Å². The minimum atomic E-state index is -0.113. The third-order valence-corrected chi connectivity index (χ3v) is 3.94. The van der Waals surface area contributed by atoms with Crippen LogP contribution < -0.4 is 9.64 Å². The summed E-state index contributed by atoms with van der Waals surface area (Å²) in [5.41, 5.74) is 3.78. The number of nitrogens with one attached hydrogen (secondary N) is 1. The lowest BCUT2D eigenvalue weighted by molar-refractivity contribution is 0.0994. The van der Waals surface area contributed by atoms with E-state index >= 15 is 0 Å². The quantitative estimate of drug-likeness (QED) is 0.786. The maximum atomic E-state index is 12.8. The Labute approximate surface area is 126 Å². The number of para-hydroxylation sites is 1. The first-order chi connectivity index (χ1) is 10.7. The van der Waals surface area contributed by atoms with Crippen LogP contribution in [0, 0.1) is 0 Å². The van der Waals surface area contributed by atoms with Crippen molar-refractivity contribution in [3.8, 4) is 5.75 Å². The summed E-state index contributed by atoms with van der Waals surface area (Å²) < 4.78 is 5.50. The fraction of sp³-hybridized carbons (Fsp3) is 0.188. The van der Waals surface area contributed by atoms with Gasteiger partial charge in [-0.15, -0.1) is 0 Å². The van der Waals surface area contributed by atoms with Crippen molar-refractivity contribution in [1.82, 2.24) is 15.4 Å². The number of rotatable bonds is 2. The van der Waals surface area contributed by atoms with Crippen molar-refractivity contribution in [2.45, 2.75) is 6.42 Å². The van der Waals surface area contributed by atoms with Gasteiger partial charge >= 0.3 is 0 Å². The molecule has 0 bridgehead atoms. The smallest absolute Gasteiger partial charge is 0.260 e. The first-order valence-corrected chi connectivity index (χ1v) is 7.07. The maximum Gasteiger partial charge on any atom is 0.260 e. The number of carbonyl (C=O) groups is 1. The monoisotopic (exact) mass is 294 g/mol. The highest BCUT2D eigenvalue weighted by molar-refractivity contribution is 6.12. The number of carbonyl (C=O) groups excluding carboxylic acids is 1. The van der Waals surface area contributed by atoms with Crippen LogP contribution in [0.15, 0.2) is 36.4 Å². The Kier molecular flexibility index (Phi) is 2.82. The van der Waals surface area contributed by atoms with E-state index in [9.17, 15) is 4.79 Å². The van der Waals surface area contributed by atoms with Crippen molar-refractivity contribution in [2.24, 2.45) is 0 Å². The van der Waals surface area contributed by atoms with Crippen molar-refractivity contribution >= 4 is 22.6 Å². The van der Waals surface area contributed by atoms with E-state index in [1.165, 1.54) is 0 Å². The molecule has 4 rings (SSSR count). The van der Waals surface area contributed by atoms with Crippen LogP contribution in [0.3, 0.4) is 0 Å². The molecule has 1 aliphatic rings. The van der Waals surface area contributed by atoms with E-state index in [1.54, 1.807) is 18.0 Å². The van der Waals surface area contributed by atoms with E-state index < -0.39 is 0 Å². The summed E-state index contributed by atoms with van der Waals surface area (Å²) in [4.78, 5) is 14.4. The van der Waals surface area contributed by atoms with Gasteiger partial charge in [-0.05, 0) is 35.9 Å². The molecule has 2 aromatic carbocycles. The Balaban J connectivity index is 1.72. The molecule has 3 aromatic rings. The highest BCUT2D eigenvalue weighted by Gasteiger charge is 2.20. The summed E-state index contributed by atoms with van der Waals surface area (Å²) in [7, 11) is 1.76. The molecule has 0 fully saturated rings. The molecule has 1 amide bonds. The number of aromatic amines is 1. The Morgan fingerprint density at radius 2 is 2.18 bits per heavy atom. The average molecular weight is 294 g/mol. The average Bonchev–Trinajstić information content (AvgIpc) is 3.20. The summed E-state index contributed by atoms with van der Waals surface area (Å²) in [6.07, 6.45) is 0.879.